The first-order valence-electron chi connectivity index (χ1n) is 9.38. The fourth-order valence-corrected chi connectivity index (χ4v) is 2.95. The van der Waals surface area contributed by atoms with Crippen LogP contribution in [0.5, 0.6) is 11.5 Å². The van der Waals surface area contributed by atoms with Crippen LogP contribution in [0.1, 0.15) is 21.5 Å². The summed E-state index contributed by atoms with van der Waals surface area (Å²) in [5, 5.41) is 6.17. The summed E-state index contributed by atoms with van der Waals surface area (Å²) >= 11 is 0. The van der Waals surface area contributed by atoms with Crippen molar-refractivity contribution < 1.29 is 14.3 Å². The molecular formula is C23H25N3O3. The topological polar surface area (TPSA) is 72.5 Å². The first-order chi connectivity index (χ1) is 14.1. The average Bonchev–Trinajstić information content (AvgIpc) is 2.74. The molecule has 150 valence electrons. The monoisotopic (exact) mass is 391 g/mol. The van der Waals surface area contributed by atoms with Crippen molar-refractivity contribution in [3.63, 3.8) is 0 Å². The van der Waals surface area contributed by atoms with Crippen molar-refractivity contribution in [3.8, 4) is 11.5 Å². The summed E-state index contributed by atoms with van der Waals surface area (Å²) in [6.07, 6.45) is 2.33. The highest BCUT2D eigenvalue weighted by Gasteiger charge is 2.09. The van der Waals surface area contributed by atoms with E-state index in [0.29, 0.717) is 23.7 Å². The summed E-state index contributed by atoms with van der Waals surface area (Å²) in [4.78, 5) is 16.8. The zero-order chi connectivity index (χ0) is 20.6. The Bertz CT molecular complexity index is 989. The number of aromatic nitrogens is 1. The first kappa shape index (κ1) is 20.2. The molecule has 0 saturated heterocycles. The van der Waals surface area contributed by atoms with Gasteiger partial charge in [-0.2, -0.15) is 0 Å². The number of pyridine rings is 1. The lowest BCUT2D eigenvalue weighted by Crippen LogP contribution is -2.25. The summed E-state index contributed by atoms with van der Waals surface area (Å²) in [5.41, 5.74) is 3.54. The first-order valence-corrected chi connectivity index (χ1v) is 9.38. The molecule has 0 aliphatic rings. The number of ether oxygens (including phenoxy) is 2. The van der Waals surface area contributed by atoms with E-state index < -0.39 is 0 Å². The number of nitrogens with zero attached hydrogens (tertiary/aromatic N) is 1. The SMILES string of the molecule is COc1cccc(CCNC(=O)c2ccnc(Nc3cc(C)ccc3OC)c2)c1. The van der Waals surface area contributed by atoms with Crippen molar-refractivity contribution in [2.75, 3.05) is 26.1 Å². The van der Waals surface area contributed by atoms with Gasteiger partial charge < -0.3 is 20.1 Å². The van der Waals surface area contributed by atoms with Crippen molar-refractivity contribution in [2.24, 2.45) is 0 Å². The molecule has 0 aliphatic carbocycles. The Morgan fingerprint density at radius 3 is 2.69 bits per heavy atom. The molecule has 0 saturated carbocycles. The van der Waals surface area contributed by atoms with Crippen LogP contribution >= 0.6 is 0 Å². The Balaban J connectivity index is 1.63. The minimum Gasteiger partial charge on any atom is -0.497 e. The molecule has 1 heterocycles. The molecular weight excluding hydrogens is 366 g/mol. The quantitative estimate of drug-likeness (QED) is 0.604. The average molecular weight is 391 g/mol. The second kappa shape index (κ2) is 9.59. The summed E-state index contributed by atoms with van der Waals surface area (Å²) in [7, 11) is 3.26. The number of anilines is 2. The van der Waals surface area contributed by atoms with Gasteiger partial charge in [-0.05, 0) is 60.9 Å². The zero-order valence-corrected chi connectivity index (χ0v) is 16.9. The van der Waals surface area contributed by atoms with Gasteiger partial charge in [0.05, 0.1) is 19.9 Å². The van der Waals surface area contributed by atoms with Gasteiger partial charge in [0.15, 0.2) is 0 Å². The Labute approximate surface area is 170 Å². The van der Waals surface area contributed by atoms with Crippen LogP contribution in [0, 0.1) is 6.92 Å². The molecule has 0 unspecified atom stereocenters. The minimum absolute atomic E-state index is 0.144. The second-order valence-electron chi connectivity index (χ2n) is 6.62. The summed E-state index contributed by atoms with van der Waals surface area (Å²) in [6.45, 7) is 2.53. The Morgan fingerprint density at radius 2 is 1.90 bits per heavy atom. The van der Waals surface area contributed by atoms with Gasteiger partial charge in [0, 0.05) is 18.3 Å². The third kappa shape index (κ3) is 5.48. The van der Waals surface area contributed by atoms with Crippen molar-refractivity contribution in [1.29, 1.82) is 0 Å². The molecule has 0 fully saturated rings. The molecule has 6 heteroatoms. The van der Waals surface area contributed by atoms with E-state index in [1.165, 1.54) is 0 Å². The maximum absolute atomic E-state index is 12.5. The largest absolute Gasteiger partial charge is 0.497 e. The molecule has 3 rings (SSSR count). The third-order valence-corrected chi connectivity index (χ3v) is 4.47. The van der Waals surface area contributed by atoms with Gasteiger partial charge in [0.2, 0.25) is 0 Å². The van der Waals surface area contributed by atoms with E-state index in [0.717, 1.165) is 29.0 Å². The number of carbonyl (C=O) groups is 1. The van der Waals surface area contributed by atoms with Crippen LogP contribution in [-0.4, -0.2) is 31.7 Å². The molecule has 0 bridgehead atoms. The minimum atomic E-state index is -0.144. The van der Waals surface area contributed by atoms with Gasteiger partial charge in [0.1, 0.15) is 17.3 Å². The fraction of sp³-hybridized carbons (Fsp3) is 0.217. The number of aryl methyl sites for hydroxylation is 1. The number of methoxy groups -OCH3 is 2. The lowest BCUT2D eigenvalue weighted by atomic mass is 10.1. The maximum Gasteiger partial charge on any atom is 0.251 e. The Kier molecular flexibility index (Phi) is 6.68. The molecule has 1 aromatic heterocycles. The van der Waals surface area contributed by atoms with Crippen LogP contribution in [-0.2, 0) is 6.42 Å². The van der Waals surface area contributed by atoms with Gasteiger partial charge >= 0.3 is 0 Å². The Hall–Kier alpha value is -3.54. The molecule has 2 aromatic carbocycles. The lowest BCUT2D eigenvalue weighted by molar-refractivity contribution is 0.0954. The molecule has 1 amide bonds. The molecule has 3 aromatic rings. The number of nitrogens with one attached hydrogen (secondary N) is 2. The molecule has 29 heavy (non-hydrogen) atoms. The van der Waals surface area contributed by atoms with E-state index in [-0.39, 0.29) is 5.91 Å². The molecule has 0 aliphatic heterocycles. The number of hydrogen-bond donors (Lipinski definition) is 2. The predicted molar refractivity (Wildman–Crippen MR) is 114 cm³/mol. The molecule has 0 atom stereocenters. The predicted octanol–water partition coefficient (Wildman–Crippen LogP) is 4.12. The van der Waals surface area contributed by atoms with Gasteiger partial charge in [-0.3, -0.25) is 4.79 Å². The van der Waals surface area contributed by atoms with Crippen LogP contribution in [0.4, 0.5) is 11.5 Å². The van der Waals surface area contributed by atoms with E-state index >= 15 is 0 Å². The van der Waals surface area contributed by atoms with Crippen molar-refractivity contribution >= 4 is 17.4 Å². The van der Waals surface area contributed by atoms with Crippen LogP contribution in [0.15, 0.2) is 60.8 Å². The number of amides is 1. The second-order valence-corrected chi connectivity index (χ2v) is 6.62. The van der Waals surface area contributed by atoms with Crippen LogP contribution in [0.2, 0.25) is 0 Å². The molecule has 0 radical (unpaired) electrons. The summed E-state index contributed by atoms with van der Waals surface area (Å²) in [5.74, 6) is 1.96. The normalized spacial score (nSPS) is 10.3. The fourth-order valence-electron chi connectivity index (χ4n) is 2.95. The molecule has 0 spiro atoms. The van der Waals surface area contributed by atoms with E-state index in [1.54, 1.807) is 32.5 Å². The molecule has 2 N–H and O–H groups in total. The van der Waals surface area contributed by atoms with E-state index in [4.69, 9.17) is 9.47 Å². The molecule has 6 nitrogen and oxygen atoms in total. The highest BCUT2D eigenvalue weighted by Crippen LogP contribution is 2.28. The maximum atomic E-state index is 12.5. The van der Waals surface area contributed by atoms with Gasteiger partial charge in [-0.25, -0.2) is 4.98 Å². The summed E-state index contributed by atoms with van der Waals surface area (Å²) < 4.78 is 10.6. The van der Waals surface area contributed by atoms with Crippen LogP contribution < -0.4 is 20.1 Å². The van der Waals surface area contributed by atoms with Gasteiger partial charge in [0.25, 0.3) is 5.91 Å². The van der Waals surface area contributed by atoms with Crippen molar-refractivity contribution in [3.05, 3.63) is 77.5 Å². The number of carbonyl (C=O) groups excluding carboxylic acids is 1. The zero-order valence-electron chi connectivity index (χ0n) is 16.9. The highest BCUT2D eigenvalue weighted by molar-refractivity contribution is 5.95. The lowest BCUT2D eigenvalue weighted by Gasteiger charge is -2.12. The van der Waals surface area contributed by atoms with Crippen molar-refractivity contribution in [2.45, 2.75) is 13.3 Å². The standard InChI is InChI=1S/C23H25N3O3/c1-16-7-8-21(29-3)20(13-16)26-22-15-18(10-12-24-22)23(27)25-11-9-17-5-4-6-19(14-17)28-2/h4-8,10,12-15H,9,11H2,1-3H3,(H,24,26)(H,25,27). The van der Waals surface area contributed by atoms with E-state index in [2.05, 4.69) is 15.6 Å². The van der Waals surface area contributed by atoms with Crippen LogP contribution in [0.3, 0.4) is 0 Å². The van der Waals surface area contributed by atoms with Gasteiger partial charge in [-0.1, -0.05) is 18.2 Å². The third-order valence-electron chi connectivity index (χ3n) is 4.47. The van der Waals surface area contributed by atoms with Crippen LogP contribution in [0.25, 0.3) is 0 Å². The number of hydrogen-bond acceptors (Lipinski definition) is 5. The number of rotatable bonds is 8. The highest BCUT2D eigenvalue weighted by atomic mass is 16.5. The summed E-state index contributed by atoms with van der Waals surface area (Å²) in [6, 6.07) is 17.1. The van der Waals surface area contributed by atoms with E-state index in [9.17, 15) is 4.79 Å². The van der Waals surface area contributed by atoms with Gasteiger partial charge in [-0.15, -0.1) is 0 Å². The van der Waals surface area contributed by atoms with Crippen molar-refractivity contribution in [1.82, 2.24) is 10.3 Å². The number of benzene rings is 2. The Morgan fingerprint density at radius 1 is 1.03 bits per heavy atom. The smallest absolute Gasteiger partial charge is 0.251 e. The van der Waals surface area contributed by atoms with E-state index in [1.807, 2.05) is 49.4 Å².